The summed E-state index contributed by atoms with van der Waals surface area (Å²) in [6, 6.07) is 0. The van der Waals surface area contributed by atoms with E-state index in [0.29, 0.717) is 5.92 Å². The van der Waals surface area contributed by atoms with Crippen LogP contribution in [0.5, 0.6) is 0 Å². The highest BCUT2D eigenvalue weighted by molar-refractivity contribution is 5.34. The van der Waals surface area contributed by atoms with Crippen LogP contribution in [0, 0.1) is 23.7 Å². The predicted molar refractivity (Wildman–Crippen MR) is 132 cm³/mol. The molecule has 0 saturated heterocycles. The largest absolute Gasteiger partial charge is 0.378 e. The van der Waals surface area contributed by atoms with Crippen molar-refractivity contribution in [3.63, 3.8) is 0 Å². The molecule has 166 valence electrons. The Balaban J connectivity index is 0. The molecule has 0 aromatic heterocycles. The molecule has 1 nitrogen and oxygen atoms in total. The fourth-order valence-electron chi connectivity index (χ4n) is 3.06. The van der Waals surface area contributed by atoms with Crippen LogP contribution in [0.3, 0.4) is 0 Å². The molecule has 28 heavy (non-hydrogen) atoms. The fourth-order valence-corrected chi connectivity index (χ4v) is 3.06. The number of likely N-dealkylation sites (N-methyl/N-ethyl adjacent to an activating group) is 1. The number of hydrogen-bond acceptors (Lipinski definition) is 1. The summed E-state index contributed by atoms with van der Waals surface area (Å²) in [7, 11) is 4.11. The maximum absolute atomic E-state index is 4.34. The Morgan fingerprint density at radius 3 is 1.68 bits per heavy atom. The van der Waals surface area contributed by atoms with Gasteiger partial charge in [-0.15, -0.1) is 0 Å². The molecule has 0 aliphatic heterocycles. The van der Waals surface area contributed by atoms with Crippen molar-refractivity contribution in [1.82, 2.24) is 4.90 Å². The third kappa shape index (κ3) is 13.2. The first kappa shape index (κ1) is 29.2. The van der Waals surface area contributed by atoms with Gasteiger partial charge in [0.2, 0.25) is 0 Å². The summed E-state index contributed by atoms with van der Waals surface area (Å²) in [4.78, 5) is 2.09. The van der Waals surface area contributed by atoms with Gasteiger partial charge in [-0.25, -0.2) is 0 Å². The molecule has 0 saturated carbocycles. The zero-order chi connectivity index (χ0) is 22.3. The summed E-state index contributed by atoms with van der Waals surface area (Å²) in [5.41, 5.74) is 3.65. The van der Waals surface area contributed by atoms with Crippen LogP contribution in [0.2, 0.25) is 0 Å². The molecule has 0 rings (SSSR count). The molecule has 4 unspecified atom stereocenters. The Hall–Kier alpha value is -0.980. The van der Waals surface area contributed by atoms with Crippen LogP contribution in [-0.4, -0.2) is 19.0 Å². The van der Waals surface area contributed by atoms with Gasteiger partial charge >= 0.3 is 0 Å². The van der Waals surface area contributed by atoms with E-state index in [4.69, 9.17) is 0 Å². The first-order valence-corrected chi connectivity index (χ1v) is 11.8. The van der Waals surface area contributed by atoms with Crippen molar-refractivity contribution in [2.45, 2.75) is 100 Å². The third-order valence-corrected chi connectivity index (χ3v) is 6.12. The van der Waals surface area contributed by atoms with E-state index in [0.717, 1.165) is 29.9 Å². The summed E-state index contributed by atoms with van der Waals surface area (Å²) >= 11 is 0. The van der Waals surface area contributed by atoms with Gasteiger partial charge in [-0.2, -0.15) is 0 Å². The number of rotatable bonds is 13. The predicted octanol–water partition coefficient (Wildman–Crippen LogP) is 8.89. The summed E-state index contributed by atoms with van der Waals surface area (Å²) in [5.74, 6) is 3.03. The molecule has 4 atom stereocenters. The second-order valence-corrected chi connectivity index (χ2v) is 9.17. The lowest BCUT2D eigenvalue weighted by molar-refractivity contribution is 0.301. The van der Waals surface area contributed by atoms with E-state index >= 15 is 0 Å². The zero-order valence-electron chi connectivity index (χ0n) is 21.2. The maximum Gasteiger partial charge on any atom is 0.0320 e. The van der Waals surface area contributed by atoms with Gasteiger partial charge in [0.1, 0.15) is 0 Å². The molecule has 0 N–H and O–H groups in total. The minimum Gasteiger partial charge on any atom is -0.378 e. The summed E-state index contributed by atoms with van der Waals surface area (Å²) in [6.07, 6.45) is 11.1. The first-order valence-electron chi connectivity index (χ1n) is 11.8. The van der Waals surface area contributed by atoms with E-state index in [1.807, 2.05) is 0 Å². The summed E-state index contributed by atoms with van der Waals surface area (Å²) in [5, 5.41) is 0. The molecule has 0 bridgehead atoms. The first-order chi connectivity index (χ1) is 13.0. The van der Waals surface area contributed by atoms with Gasteiger partial charge in [-0.1, -0.05) is 106 Å². The van der Waals surface area contributed by atoms with Crippen LogP contribution in [0.1, 0.15) is 100 Å². The molecule has 0 aliphatic rings. The normalized spacial score (nSPS) is 15.7. The van der Waals surface area contributed by atoms with Gasteiger partial charge in [-0.3, -0.25) is 0 Å². The fraction of sp³-hybridized carbons (Fsp3) is 0.778. The van der Waals surface area contributed by atoms with Crippen molar-refractivity contribution >= 4 is 0 Å². The lowest BCUT2D eigenvalue weighted by Crippen LogP contribution is -2.13. The van der Waals surface area contributed by atoms with E-state index in [1.54, 1.807) is 0 Å². The van der Waals surface area contributed by atoms with Crippen LogP contribution >= 0.6 is 0 Å². The van der Waals surface area contributed by atoms with E-state index in [9.17, 15) is 0 Å². The van der Waals surface area contributed by atoms with E-state index in [1.165, 1.54) is 49.7 Å². The SMILES string of the molecule is C=C(/C=C(/CC)C(=C)N(C)C)C(C)CCC(C)C(C)CCC(C)CC.CCC. The molecule has 0 radical (unpaired) electrons. The van der Waals surface area contributed by atoms with E-state index < -0.39 is 0 Å². The highest BCUT2D eigenvalue weighted by Gasteiger charge is 2.16. The van der Waals surface area contributed by atoms with Gasteiger partial charge < -0.3 is 4.90 Å². The molecule has 1 heteroatoms. The highest BCUT2D eigenvalue weighted by Crippen LogP contribution is 2.28. The van der Waals surface area contributed by atoms with Crippen molar-refractivity contribution in [3.05, 3.63) is 36.1 Å². The van der Waals surface area contributed by atoms with E-state index in [2.05, 4.69) is 93.6 Å². The number of nitrogens with zero attached hydrogens (tertiary/aromatic N) is 1. The standard InChI is InChI=1S/C24H45N.C3H8/c1-11-18(3)13-14-19(4)20(5)15-16-21(6)22(7)17-24(12-2)23(8)25(9)10;1-3-2/h17-21H,7-8,11-16H2,1-6,9-10H3;3H2,1-2H3/b24-17-;. The van der Waals surface area contributed by atoms with Crippen molar-refractivity contribution in [2.75, 3.05) is 14.1 Å². The molecule has 0 amide bonds. The lowest BCUT2D eigenvalue weighted by Gasteiger charge is -2.23. The van der Waals surface area contributed by atoms with Crippen LogP contribution < -0.4 is 0 Å². The van der Waals surface area contributed by atoms with Crippen LogP contribution in [-0.2, 0) is 0 Å². The molecule has 0 aromatic carbocycles. The zero-order valence-corrected chi connectivity index (χ0v) is 21.2. The molecule has 0 fully saturated rings. The average Bonchev–Trinajstić information content (AvgIpc) is 2.67. The van der Waals surface area contributed by atoms with E-state index in [-0.39, 0.29) is 0 Å². The lowest BCUT2D eigenvalue weighted by atomic mass is 9.83. The van der Waals surface area contributed by atoms with Crippen molar-refractivity contribution in [3.8, 4) is 0 Å². The third-order valence-electron chi connectivity index (χ3n) is 6.12. The molecule has 0 aliphatic carbocycles. The van der Waals surface area contributed by atoms with Crippen LogP contribution in [0.4, 0.5) is 0 Å². The van der Waals surface area contributed by atoms with Crippen molar-refractivity contribution in [2.24, 2.45) is 23.7 Å². The van der Waals surface area contributed by atoms with Gasteiger partial charge in [0.05, 0.1) is 0 Å². The quantitative estimate of drug-likeness (QED) is 0.283. The Bertz CT molecular complexity index is 443. The Morgan fingerprint density at radius 1 is 0.821 bits per heavy atom. The second kappa shape index (κ2) is 16.9. The van der Waals surface area contributed by atoms with Gasteiger partial charge in [-0.05, 0) is 48.5 Å². The molecular formula is C27H53N. The minimum absolute atomic E-state index is 0.542. The van der Waals surface area contributed by atoms with Crippen molar-refractivity contribution in [1.29, 1.82) is 0 Å². The van der Waals surface area contributed by atoms with Crippen LogP contribution in [0.15, 0.2) is 36.1 Å². The van der Waals surface area contributed by atoms with Gasteiger partial charge in [0.25, 0.3) is 0 Å². The number of allylic oxidation sites excluding steroid dienone is 3. The highest BCUT2D eigenvalue weighted by atomic mass is 15.1. The Kier molecular flexibility index (Phi) is 17.7. The van der Waals surface area contributed by atoms with Crippen molar-refractivity contribution < 1.29 is 0 Å². The minimum atomic E-state index is 0.542. The second-order valence-electron chi connectivity index (χ2n) is 9.17. The van der Waals surface area contributed by atoms with Gasteiger partial charge in [0.15, 0.2) is 0 Å². The summed E-state index contributed by atoms with van der Waals surface area (Å²) < 4.78 is 0. The molecule has 0 spiro atoms. The van der Waals surface area contributed by atoms with Gasteiger partial charge in [0, 0.05) is 19.8 Å². The maximum atomic E-state index is 4.34. The summed E-state index contributed by atoms with van der Waals surface area (Å²) in [6.45, 7) is 26.8. The average molecular weight is 392 g/mol. The molecule has 0 aromatic rings. The van der Waals surface area contributed by atoms with Crippen LogP contribution in [0.25, 0.3) is 0 Å². The number of hydrogen-bond donors (Lipinski definition) is 0. The smallest absolute Gasteiger partial charge is 0.0320 e. The topological polar surface area (TPSA) is 3.24 Å². The molecular weight excluding hydrogens is 338 g/mol. The molecule has 0 heterocycles. The Morgan fingerprint density at radius 2 is 1.29 bits per heavy atom. The Labute approximate surface area is 179 Å². The monoisotopic (exact) mass is 391 g/mol.